The summed E-state index contributed by atoms with van der Waals surface area (Å²) in [5, 5.41) is 7.01. The van der Waals surface area contributed by atoms with E-state index < -0.39 is 10.0 Å². The van der Waals surface area contributed by atoms with Crippen molar-refractivity contribution < 1.29 is 8.42 Å². The van der Waals surface area contributed by atoms with Crippen LogP contribution in [0.3, 0.4) is 0 Å². The maximum atomic E-state index is 11.2. The van der Waals surface area contributed by atoms with Crippen LogP contribution in [0.15, 0.2) is 44.4 Å². The molecule has 0 spiro atoms. The van der Waals surface area contributed by atoms with Crippen molar-refractivity contribution in [3.63, 3.8) is 0 Å². The minimum Gasteiger partial charge on any atom is -0.225 e. The van der Waals surface area contributed by atoms with Gasteiger partial charge in [0, 0.05) is 5.56 Å². The number of primary sulfonamides is 1. The number of hydrogen-bond donors (Lipinski definition) is 1. The van der Waals surface area contributed by atoms with Gasteiger partial charge >= 0.3 is 0 Å². The zero-order valence-corrected chi connectivity index (χ0v) is 11.3. The Hall–Kier alpha value is -0.690. The molecule has 0 aliphatic carbocycles. The minimum absolute atomic E-state index is 0.128. The fourth-order valence-corrected chi connectivity index (χ4v) is 3.22. The third-order valence-corrected chi connectivity index (χ3v) is 4.69. The van der Waals surface area contributed by atoms with Crippen molar-refractivity contribution in [2.45, 2.75) is 4.90 Å². The van der Waals surface area contributed by atoms with Gasteiger partial charge in [-0.2, -0.15) is 0 Å². The summed E-state index contributed by atoms with van der Waals surface area (Å²) in [4.78, 5) is 0.128. The highest BCUT2D eigenvalue weighted by Gasteiger charge is 2.10. The second-order valence-electron chi connectivity index (χ2n) is 3.18. The highest BCUT2D eigenvalue weighted by atomic mass is 79.9. The van der Waals surface area contributed by atoms with E-state index in [1.807, 2.05) is 17.5 Å². The molecule has 0 atom stereocenters. The summed E-state index contributed by atoms with van der Waals surface area (Å²) in [5.74, 6) is 0. The van der Waals surface area contributed by atoms with E-state index in [0.717, 1.165) is 14.9 Å². The molecule has 0 amide bonds. The largest absolute Gasteiger partial charge is 0.238 e. The van der Waals surface area contributed by atoms with Gasteiger partial charge in [0.05, 0.1) is 8.68 Å². The number of nitrogens with two attached hydrogens (primary N) is 1. The molecule has 1 aromatic heterocycles. The monoisotopic (exact) mass is 317 g/mol. The lowest BCUT2D eigenvalue weighted by molar-refractivity contribution is 0.598. The summed E-state index contributed by atoms with van der Waals surface area (Å²) in [6.07, 6.45) is 0. The van der Waals surface area contributed by atoms with Gasteiger partial charge in [-0.15, -0.1) is 11.3 Å². The number of hydrogen-bond acceptors (Lipinski definition) is 3. The van der Waals surface area contributed by atoms with Crippen LogP contribution < -0.4 is 5.14 Å². The highest BCUT2D eigenvalue weighted by molar-refractivity contribution is 9.11. The quantitative estimate of drug-likeness (QED) is 0.925. The summed E-state index contributed by atoms with van der Waals surface area (Å²) in [6.45, 7) is 0. The van der Waals surface area contributed by atoms with Crippen LogP contribution in [0.5, 0.6) is 0 Å². The molecule has 0 fully saturated rings. The Balaban J connectivity index is 2.57. The first kappa shape index (κ1) is 11.8. The van der Waals surface area contributed by atoms with Crippen LogP contribution in [0.1, 0.15) is 0 Å². The summed E-state index contributed by atoms with van der Waals surface area (Å²) in [7, 11) is -3.64. The van der Waals surface area contributed by atoms with Gasteiger partial charge < -0.3 is 0 Å². The molecule has 0 unspecified atom stereocenters. The van der Waals surface area contributed by atoms with Crippen LogP contribution in [-0.2, 0) is 10.0 Å². The average Bonchev–Trinajstić information content (AvgIpc) is 2.63. The first-order valence-corrected chi connectivity index (χ1v) is 7.56. The molecular formula is C10H8BrNO2S2. The van der Waals surface area contributed by atoms with Crippen LogP contribution >= 0.6 is 27.3 Å². The third-order valence-electron chi connectivity index (χ3n) is 2.09. The number of benzene rings is 1. The fourth-order valence-electron chi connectivity index (χ4n) is 1.34. The molecule has 84 valence electrons. The number of halogens is 1. The summed E-state index contributed by atoms with van der Waals surface area (Å²) >= 11 is 4.96. The standard InChI is InChI=1S/C10H8BrNO2S2/c11-10-9(4-5-15-10)7-2-1-3-8(6-7)16(12,13)14/h1-6H,(H2,12,13,14). The molecule has 16 heavy (non-hydrogen) atoms. The molecule has 0 aliphatic rings. The highest BCUT2D eigenvalue weighted by Crippen LogP contribution is 2.33. The lowest BCUT2D eigenvalue weighted by Crippen LogP contribution is -2.11. The van der Waals surface area contributed by atoms with Gasteiger partial charge in [0.1, 0.15) is 0 Å². The molecule has 0 radical (unpaired) electrons. The SMILES string of the molecule is NS(=O)(=O)c1cccc(-c2ccsc2Br)c1. The van der Waals surface area contributed by atoms with E-state index in [1.54, 1.807) is 23.5 Å². The first-order valence-electron chi connectivity index (χ1n) is 4.35. The van der Waals surface area contributed by atoms with Gasteiger partial charge in [-0.05, 0) is 45.1 Å². The van der Waals surface area contributed by atoms with Crippen LogP contribution in [-0.4, -0.2) is 8.42 Å². The summed E-state index contributed by atoms with van der Waals surface area (Å²) in [5.41, 5.74) is 1.80. The zero-order chi connectivity index (χ0) is 11.8. The zero-order valence-electron chi connectivity index (χ0n) is 8.05. The molecule has 1 heterocycles. The Morgan fingerprint density at radius 3 is 2.56 bits per heavy atom. The van der Waals surface area contributed by atoms with Crippen molar-refractivity contribution in [1.82, 2.24) is 0 Å². The molecule has 3 nitrogen and oxygen atoms in total. The van der Waals surface area contributed by atoms with Crippen molar-refractivity contribution >= 4 is 37.3 Å². The molecule has 0 aliphatic heterocycles. The van der Waals surface area contributed by atoms with Gasteiger partial charge in [-0.1, -0.05) is 12.1 Å². The first-order chi connectivity index (χ1) is 7.48. The van der Waals surface area contributed by atoms with E-state index in [-0.39, 0.29) is 4.90 Å². The third kappa shape index (κ3) is 2.35. The van der Waals surface area contributed by atoms with Crippen LogP contribution in [0.4, 0.5) is 0 Å². The number of sulfonamides is 1. The Morgan fingerprint density at radius 1 is 1.25 bits per heavy atom. The molecule has 0 saturated heterocycles. The topological polar surface area (TPSA) is 60.2 Å². The van der Waals surface area contributed by atoms with Gasteiger partial charge in [-0.25, -0.2) is 13.6 Å². The average molecular weight is 318 g/mol. The van der Waals surface area contributed by atoms with Crippen LogP contribution in [0, 0.1) is 0 Å². The maximum absolute atomic E-state index is 11.2. The Morgan fingerprint density at radius 2 is 2.00 bits per heavy atom. The van der Waals surface area contributed by atoms with Gasteiger partial charge in [-0.3, -0.25) is 0 Å². The maximum Gasteiger partial charge on any atom is 0.238 e. The lowest BCUT2D eigenvalue weighted by atomic mass is 10.1. The van der Waals surface area contributed by atoms with E-state index in [0.29, 0.717) is 0 Å². The second kappa shape index (κ2) is 4.29. The van der Waals surface area contributed by atoms with Gasteiger partial charge in [0.2, 0.25) is 10.0 Å². The molecule has 2 aromatic rings. The molecular weight excluding hydrogens is 310 g/mol. The molecule has 0 saturated carbocycles. The van der Waals surface area contributed by atoms with E-state index in [2.05, 4.69) is 15.9 Å². The van der Waals surface area contributed by atoms with Crippen molar-refractivity contribution in [1.29, 1.82) is 0 Å². The summed E-state index contributed by atoms with van der Waals surface area (Å²) in [6, 6.07) is 8.51. The van der Waals surface area contributed by atoms with Gasteiger partial charge in [0.15, 0.2) is 0 Å². The Labute approximate surface area is 106 Å². The molecule has 2 rings (SSSR count). The smallest absolute Gasteiger partial charge is 0.225 e. The van der Waals surface area contributed by atoms with E-state index in [4.69, 9.17) is 5.14 Å². The molecule has 0 bridgehead atoms. The van der Waals surface area contributed by atoms with Crippen molar-refractivity contribution in [2.24, 2.45) is 5.14 Å². The lowest BCUT2D eigenvalue weighted by Gasteiger charge is -2.02. The van der Waals surface area contributed by atoms with Crippen LogP contribution in [0.25, 0.3) is 11.1 Å². The molecule has 1 aromatic carbocycles. The second-order valence-corrected chi connectivity index (χ2v) is 6.98. The van der Waals surface area contributed by atoms with E-state index in [1.165, 1.54) is 6.07 Å². The Bertz CT molecular complexity index is 619. The fraction of sp³-hybridized carbons (Fsp3) is 0. The Kier molecular flexibility index (Phi) is 3.16. The predicted molar refractivity (Wildman–Crippen MR) is 68.8 cm³/mol. The minimum atomic E-state index is -3.64. The van der Waals surface area contributed by atoms with Gasteiger partial charge in [0.25, 0.3) is 0 Å². The van der Waals surface area contributed by atoms with Crippen molar-refractivity contribution in [2.75, 3.05) is 0 Å². The number of thiophene rings is 1. The number of rotatable bonds is 2. The normalized spacial score (nSPS) is 11.6. The van der Waals surface area contributed by atoms with Crippen molar-refractivity contribution in [3.8, 4) is 11.1 Å². The van der Waals surface area contributed by atoms with Crippen LogP contribution in [0.2, 0.25) is 0 Å². The summed E-state index contributed by atoms with van der Waals surface area (Å²) < 4.78 is 23.4. The molecule has 6 heteroatoms. The van der Waals surface area contributed by atoms with Crippen molar-refractivity contribution in [3.05, 3.63) is 39.5 Å². The molecule has 2 N–H and O–H groups in total. The van der Waals surface area contributed by atoms with E-state index >= 15 is 0 Å². The van der Waals surface area contributed by atoms with E-state index in [9.17, 15) is 8.42 Å². The predicted octanol–water partition coefficient (Wildman–Crippen LogP) is 2.83.